The van der Waals surface area contributed by atoms with E-state index in [-0.39, 0.29) is 18.4 Å². The van der Waals surface area contributed by atoms with Gasteiger partial charge in [-0.2, -0.15) is 0 Å². The van der Waals surface area contributed by atoms with E-state index in [0.29, 0.717) is 33.4 Å². The van der Waals surface area contributed by atoms with E-state index in [2.05, 4.69) is 15.3 Å². The highest BCUT2D eigenvalue weighted by molar-refractivity contribution is 6.33. The molecule has 1 unspecified atom stereocenters. The molecule has 9 heteroatoms. The number of hydrogen-bond donors (Lipinski definition) is 4. The van der Waals surface area contributed by atoms with Crippen molar-refractivity contribution in [3.8, 4) is 17.1 Å². The Morgan fingerprint density at radius 2 is 1.89 bits per heavy atom. The van der Waals surface area contributed by atoms with Gasteiger partial charge in [0.15, 0.2) is 0 Å². The van der Waals surface area contributed by atoms with Crippen LogP contribution in [0.4, 0.5) is 5.69 Å². The lowest BCUT2D eigenvalue weighted by Gasteiger charge is -2.18. The van der Waals surface area contributed by atoms with Crippen molar-refractivity contribution in [2.45, 2.75) is 13.8 Å². The first-order valence-electron chi connectivity index (χ1n) is 11.1. The Balaban J connectivity index is 1.46. The first-order chi connectivity index (χ1) is 16.9. The zero-order valence-corrected chi connectivity index (χ0v) is 20.0. The molecule has 4 N–H and O–H groups in total. The van der Waals surface area contributed by atoms with E-state index in [1.807, 2.05) is 31.2 Å². The first-order valence-corrected chi connectivity index (χ1v) is 11.5. The molecule has 0 saturated carbocycles. The molecular formula is C26H25ClN4O4. The zero-order valence-electron chi connectivity index (χ0n) is 19.2. The topological polar surface area (TPSA) is 116 Å². The number of nitrogens with zero attached hydrogens (tertiary/aromatic N) is 1. The van der Waals surface area contributed by atoms with Gasteiger partial charge in [-0.1, -0.05) is 43.6 Å². The second kappa shape index (κ2) is 10.6. The maximum atomic E-state index is 12.9. The molecule has 0 fully saturated rings. The highest BCUT2D eigenvalue weighted by Gasteiger charge is 2.20. The fourth-order valence-corrected chi connectivity index (χ4v) is 3.73. The summed E-state index contributed by atoms with van der Waals surface area (Å²) in [6.07, 6.45) is 0. The molecule has 0 aliphatic rings. The number of halogens is 1. The van der Waals surface area contributed by atoms with Crippen molar-refractivity contribution in [1.82, 2.24) is 15.4 Å². The largest absolute Gasteiger partial charge is 0.493 e. The van der Waals surface area contributed by atoms with E-state index in [0.717, 1.165) is 11.0 Å². The number of hydrogen-bond acceptors (Lipinski definition) is 5. The molecule has 0 aliphatic carbocycles. The average molecular weight is 493 g/mol. The lowest BCUT2D eigenvalue weighted by atomic mass is 9.96. The maximum absolute atomic E-state index is 12.9. The van der Waals surface area contributed by atoms with Crippen LogP contribution in [0.5, 0.6) is 5.75 Å². The highest BCUT2D eigenvalue weighted by Crippen LogP contribution is 2.30. The van der Waals surface area contributed by atoms with Crippen molar-refractivity contribution in [3.63, 3.8) is 0 Å². The van der Waals surface area contributed by atoms with Gasteiger partial charge in [0, 0.05) is 28.7 Å². The average Bonchev–Trinajstić information content (AvgIpc) is 3.31. The van der Waals surface area contributed by atoms with Gasteiger partial charge in [-0.05, 0) is 48.5 Å². The number of para-hydroxylation sites is 2. The van der Waals surface area contributed by atoms with Crippen LogP contribution in [0, 0.1) is 11.8 Å². The number of nitrogens with one attached hydrogen (secondary N) is 3. The number of H-pyrrole nitrogens is 1. The van der Waals surface area contributed by atoms with E-state index in [1.54, 1.807) is 54.9 Å². The molecule has 1 heterocycles. The summed E-state index contributed by atoms with van der Waals surface area (Å²) in [5.41, 5.74) is 5.03. The molecule has 0 bridgehead atoms. The first kappa shape index (κ1) is 24.3. The van der Waals surface area contributed by atoms with Crippen LogP contribution in [0.1, 0.15) is 24.2 Å². The molecule has 180 valence electrons. The Morgan fingerprint density at radius 1 is 1.09 bits per heavy atom. The van der Waals surface area contributed by atoms with Crippen LogP contribution < -0.4 is 15.5 Å². The quantitative estimate of drug-likeness (QED) is 0.197. The minimum Gasteiger partial charge on any atom is -0.493 e. The van der Waals surface area contributed by atoms with Crippen LogP contribution >= 0.6 is 11.6 Å². The van der Waals surface area contributed by atoms with Gasteiger partial charge in [0.05, 0.1) is 22.7 Å². The Labute approximate surface area is 207 Å². The van der Waals surface area contributed by atoms with E-state index in [1.165, 1.54) is 0 Å². The molecule has 0 saturated heterocycles. The monoisotopic (exact) mass is 492 g/mol. The van der Waals surface area contributed by atoms with E-state index >= 15 is 0 Å². The van der Waals surface area contributed by atoms with Gasteiger partial charge in [0.25, 0.3) is 5.91 Å². The predicted molar refractivity (Wildman–Crippen MR) is 135 cm³/mol. The predicted octanol–water partition coefficient (Wildman–Crippen LogP) is 5.29. The van der Waals surface area contributed by atoms with Crippen LogP contribution in [0.25, 0.3) is 22.4 Å². The number of fused-ring (bicyclic) bond motifs is 1. The number of aromatic amines is 1. The number of aromatic nitrogens is 2. The number of carbonyl (C=O) groups excluding carboxylic acids is 2. The number of imidazole rings is 1. The third-order valence-electron chi connectivity index (χ3n) is 5.86. The molecular weight excluding hydrogens is 468 g/mol. The standard InChI is InChI=1S/C26H25ClN4O4/c1-15(16(2)25(32)31-34)14-35-19-7-5-6-17(12-19)26(33)28-18-10-11-21(27)20(13-18)24-29-22-8-3-4-9-23(22)30-24/h3-13,15-16,34H,14H2,1-2H3,(H,28,33)(H,29,30)(H,31,32)/t15-,16?/m0/s1. The van der Waals surface area contributed by atoms with Crippen molar-refractivity contribution < 1.29 is 19.5 Å². The molecule has 4 rings (SSSR count). The summed E-state index contributed by atoms with van der Waals surface area (Å²) in [5, 5.41) is 12.2. The third kappa shape index (κ3) is 5.62. The van der Waals surface area contributed by atoms with Crippen molar-refractivity contribution >= 4 is 40.1 Å². The number of ether oxygens (including phenoxy) is 1. The molecule has 35 heavy (non-hydrogen) atoms. The highest BCUT2D eigenvalue weighted by atomic mass is 35.5. The van der Waals surface area contributed by atoms with Gasteiger partial charge in [-0.15, -0.1) is 0 Å². The summed E-state index contributed by atoms with van der Waals surface area (Å²) in [4.78, 5) is 32.3. The number of rotatable bonds is 8. The number of amides is 2. The lowest BCUT2D eigenvalue weighted by molar-refractivity contribution is -0.134. The van der Waals surface area contributed by atoms with Gasteiger partial charge in [-0.3, -0.25) is 14.8 Å². The normalized spacial score (nSPS) is 12.7. The van der Waals surface area contributed by atoms with Crippen LogP contribution in [0.3, 0.4) is 0 Å². The second-order valence-corrected chi connectivity index (χ2v) is 8.74. The Kier molecular flexibility index (Phi) is 7.33. The molecule has 8 nitrogen and oxygen atoms in total. The molecule has 0 spiro atoms. The van der Waals surface area contributed by atoms with Crippen LogP contribution in [-0.2, 0) is 4.79 Å². The smallest absolute Gasteiger partial charge is 0.255 e. The summed E-state index contributed by atoms with van der Waals surface area (Å²) in [5.74, 6) is -0.252. The van der Waals surface area contributed by atoms with Gasteiger partial charge in [-0.25, -0.2) is 10.5 Å². The molecule has 2 atom stereocenters. The number of anilines is 1. The summed E-state index contributed by atoms with van der Waals surface area (Å²) in [6.45, 7) is 3.80. The van der Waals surface area contributed by atoms with Crippen LogP contribution in [0.2, 0.25) is 5.02 Å². The Bertz CT molecular complexity index is 1340. The number of hydroxylamine groups is 1. The molecule has 2 amide bonds. The SMILES string of the molecule is CC(C(=O)NO)[C@@H](C)COc1cccc(C(=O)Nc2ccc(Cl)c(-c3nc4ccccc4[nH]3)c2)c1. The van der Waals surface area contributed by atoms with E-state index < -0.39 is 11.8 Å². The lowest BCUT2D eigenvalue weighted by Crippen LogP contribution is -2.32. The molecule has 1 aromatic heterocycles. The van der Waals surface area contributed by atoms with Gasteiger partial charge < -0.3 is 15.0 Å². The van der Waals surface area contributed by atoms with Gasteiger partial charge in [0.1, 0.15) is 11.6 Å². The molecule has 3 aromatic carbocycles. The molecule has 0 aliphatic heterocycles. The van der Waals surface area contributed by atoms with E-state index in [9.17, 15) is 9.59 Å². The fraction of sp³-hybridized carbons (Fsp3) is 0.192. The fourth-order valence-electron chi connectivity index (χ4n) is 3.53. The second-order valence-electron chi connectivity index (χ2n) is 8.33. The Morgan fingerprint density at radius 3 is 2.66 bits per heavy atom. The van der Waals surface area contributed by atoms with Crippen molar-refractivity contribution in [1.29, 1.82) is 0 Å². The van der Waals surface area contributed by atoms with Crippen molar-refractivity contribution in [2.75, 3.05) is 11.9 Å². The summed E-state index contributed by atoms with van der Waals surface area (Å²) in [7, 11) is 0. The minimum atomic E-state index is -0.473. The Hall–Kier alpha value is -3.88. The number of carbonyl (C=O) groups is 2. The van der Waals surface area contributed by atoms with Gasteiger partial charge >= 0.3 is 0 Å². The third-order valence-corrected chi connectivity index (χ3v) is 6.18. The molecule has 4 aromatic rings. The van der Waals surface area contributed by atoms with Crippen LogP contribution in [-0.4, -0.2) is 33.6 Å². The summed E-state index contributed by atoms with van der Waals surface area (Å²) < 4.78 is 5.77. The van der Waals surface area contributed by atoms with E-state index in [4.69, 9.17) is 21.5 Å². The van der Waals surface area contributed by atoms with Crippen molar-refractivity contribution in [3.05, 3.63) is 77.3 Å². The summed E-state index contributed by atoms with van der Waals surface area (Å²) >= 11 is 6.42. The van der Waals surface area contributed by atoms with Gasteiger partial charge in [0.2, 0.25) is 5.91 Å². The van der Waals surface area contributed by atoms with Crippen molar-refractivity contribution in [2.24, 2.45) is 11.8 Å². The van der Waals surface area contributed by atoms with Crippen LogP contribution in [0.15, 0.2) is 66.7 Å². The zero-order chi connectivity index (χ0) is 24.9. The number of benzene rings is 3. The maximum Gasteiger partial charge on any atom is 0.255 e. The molecule has 0 radical (unpaired) electrons. The summed E-state index contributed by atoms with van der Waals surface area (Å²) in [6, 6.07) is 19.7. The minimum absolute atomic E-state index is 0.148.